The first-order chi connectivity index (χ1) is 6.41. The minimum Gasteiger partial charge on any atom is -0.466 e. The molecule has 0 heterocycles. The fourth-order valence-corrected chi connectivity index (χ4v) is 2.42. The molecule has 5 heteroatoms. The second-order valence-electron chi connectivity index (χ2n) is 2.97. The lowest BCUT2D eigenvalue weighted by Crippen LogP contribution is -2.30. The van der Waals surface area contributed by atoms with Crippen LogP contribution in [0.2, 0.25) is 0 Å². The second kappa shape index (κ2) is 4.49. The molecule has 1 aliphatic rings. The molecule has 0 spiro atoms. The molecule has 0 radical (unpaired) electrons. The molecule has 0 aromatic rings. The minimum absolute atomic E-state index is 0.00525. The van der Waals surface area contributed by atoms with Crippen LogP contribution in [0.5, 0.6) is 0 Å². The van der Waals surface area contributed by atoms with Gasteiger partial charge in [-0.05, 0) is 6.08 Å². The lowest BCUT2D eigenvalue weighted by Gasteiger charge is -2.31. The topological polar surface area (TPSA) is 26.3 Å². The van der Waals surface area contributed by atoms with Gasteiger partial charge in [0.05, 0.1) is 7.11 Å². The van der Waals surface area contributed by atoms with Crippen LogP contribution in [0.1, 0.15) is 6.92 Å². The average Bonchev–Trinajstić information content (AvgIpc) is 2.14. The highest BCUT2D eigenvalue weighted by molar-refractivity contribution is 9.26. The van der Waals surface area contributed by atoms with E-state index in [2.05, 4.69) is 47.8 Å². The van der Waals surface area contributed by atoms with Crippen LogP contribution in [0.25, 0.3) is 0 Å². The first-order valence-electron chi connectivity index (χ1n) is 3.95. The Kier molecular flexibility index (Phi) is 4.00. The van der Waals surface area contributed by atoms with Crippen LogP contribution in [0.3, 0.4) is 0 Å². The minimum atomic E-state index is -0.418. The quantitative estimate of drug-likeness (QED) is 0.507. The Bertz CT molecular complexity index is 318. The Morgan fingerprint density at radius 1 is 1.50 bits per heavy atom. The molecule has 0 aliphatic heterocycles. The van der Waals surface area contributed by atoms with Gasteiger partial charge in [0, 0.05) is 16.0 Å². The van der Waals surface area contributed by atoms with Gasteiger partial charge < -0.3 is 4.74 Å². The maximum Gasteiger partial charge on any atom is 0.334 e. The van der Waals surface area contributed by atoms with Crippen LogP contribution in [-0.4, -0.2) is 16.3 Å². The van der Waals surface area contributed by atoms with Crippen molar-refractivity contribution >= 4 is 53.8 Å². The Morgan fingerprint density at radius 2 is 2.07 bits per heavy atom. The number of hydrogen-bond donors (Lipinski definition) is 0. The predicted octanol–water partition coefficient (Wildman–Crippen LogP) is 3.50. The van der Waals surface area contributed by atoms with Crippen LogP contribution in [-0.2, 0) is 9.53 Å². The first-order valence-corrected chi connectivity index (χ1v) is 6.33. The number of alkyl halides is 2. The number of allylic oxidation sites excluding steroid dienone is 3. The van der Waals surface area contributed by atoms with Crippen LogP contribution < -0.4 is 0 Å². The van der Waals surface area contributed by atoms with E-state index >= 15 is 0 Å². The third-order valence-corrected chi connectivity index (χ3v) is 6.34. The van der Waals surface area contributed by atoms with Gasteiger partial charge in [-0.25, -0.2) is 4.79 Å². The van der Waals surface area contributed by atoms with Crippen molar-refractivity contribution in [1.29, 1.82) is 0 Å². The van der Waals surface area contributed by atoms with E-state index in [1.807, 2.05) is 13.0 Å². The Hall–Kier alpha value is 0.390. The van der Waals surface area contributed by atoms with Gasteiger partial charge in [-0.3, -0.25) is 0 Å². The molecule has 2 nitrogen and oxygen atoms in total. The summed E-state index contributed by atoms with van der Waals surface area (Å²) in [6.07, 6.45) is 3.59. The van der Waals surface area contributed by atoms with E-state index in [0.29, 0.717) is 5.57 Å². The van der Waals surface area contributed by atoms with Gasteiger partial charge in [-0.1, -0.05) is 60.8 Å². The zero-order valence-electron chi connectivity index (χ0n) is 7.68. The molecule has 0 aromatic carbocycles. The van der Waals surface area contributed by atoms with Crippen molar-refractivity contribution < 1.29 is 9.53 Å². The van der Waals surface area contributed by atoms with Gasteiger partial charge in [-0.2, -0.15) is 0 Å². The van der Waals surface area contributed by atoms with Gasteiger partial charge in [0.1, 0.15) is 3.23 Å². The highest BCUT2D eigenvalue weighted by Gasteiger charge is 2.40. The van der Waals surface area contributed by atoms with Crippen LogP contribution in [0.15, 0.2) is 22.2 Å². The van der Waals surface area contributed by atoms with Crippen molar-refractivity contribution in [2.24, 2.45) is 5.92 Å². The molecule has 0 amide bonds. The molecule has 1 unspecified atom stereocenters. The van der Waals surface area contributed by atoms with Gasteiger partial charge in [-0.15, -0.1) is 0 Å². The monoisotopic (exact) mass is 386 g/mol. The molecule has 0 saturated heterocycles. The summed E-state index contributed by atoms with van der Waals surface area (Å²) >= 11 is 10.4. The number of rotatable bonds is 1. The molecule has 1 rings (SSSR count). The Balaban J connectivity index is 3.07. The number of halogens is 3. The standard InChI is InChI=1S/C9H9Br3O2/c1-5-6(8(13)14-2)3-4-7(10)9(5,11)12/h3-5H,1-2H3. The zero-order valence-corrected chi connectivity index (χ0v) is 12.4. The fraction of sp³-hybridized carbons (Fsp3) is 0.444. The molecule has 0 fully saturated rings. The summed E-state index contributed by atoms with van der Waals surface area (Å²) < 4.78 is 5.23. The molecular formula is C9H9Br3O2. The Morgan fingerprint density at radius 3 is 2.57 bits per heavy atom. The van der Waals surface area contributed by atoms with Crippen LogP contribution >= 0.6 is 47.8 Å². The van der Waals surface area contributed by atoms with Gasteiger partial charge in [0.2, 0.25) is 0 Å². The SMILES string of the molecule is COC(=O)C1=CC=C(Br)C(Br)(Br)C1C. The van der Waals surface area contributed by atoms with Gasteiger partial charge >= 0.3 is 5.97 Å². The molecule has 1 atom stereocenters. The molecule has 0 aromatic heterocycles. The van der Waals surface area contributed by atoms with E-state index < -0.39 is 3.23 Å². The van der Waals surface area contributed by atoms with Crippen molar-refractivity contribution in [1.82, 2.24) is 0 Å². The van der Waals surface area contributed by atoms with Crippen molar-refractivity contribution in [3.8, 4) is 0 Å². The third kappa shape index (κ3) is 2.14. The van der Waals surface area contributed by atoms with Crippen molar-refractivity contribution in [3.05, 3.63) is 22.2 Å². The summed E-state index contributed by atoms with van der Waals surface area (Å²) in [5, 5.41) is 0. The zero-order chi connectivity index (χ0) is 10.9. The van der Waals surface area contributed by atoms with Crippen LogP contribution in [0.4, 0.5) is 0 Å². The molecule has 1 aliphatic carbocycles. The van der Waals surface area contributed by atoms with Crippen molar-refractivity contribution in [2.75, 3.05) is 7.11 Å². The lowest BCUT2D eigenvalue weighted by molar-refractivity contribution is -0.136. The number of carbonyl (C=O) groups excluding carboxylic acids is 1. The Labute approximate surface area is 108 Å². The maximum atomic E-state index is 11.4. The summed E-state index contributed by atoms with van der Waals surface area (Å²) in [5.74, 6) is -0.300. The lowest BCUT2D eigenvalue weighted by atomic mass is 9.93. The van der Waals surface area contributed by atoms with E-state index in [1.165, 1.54) is 7.11 Å². The number of hydrogen-bond acceptors (Lipinski definition) is 2. The normalized spacial score (nSPS) is 25.1. The summed E-state index contributed by atoms with van der Waals surface area (Å²) in [5.41, 5.74) is 0.643. The number of ether oxygens (including phenoxy) is 1. The van der Waals surface area contributed by atoms with E-state index in [9.17, 15) is 4.79 Å². The highest BCUT2D eigenvalue weighted by atomic mass is 79.9. The predicted molar refractivity (Wildman–Crippen MR) is 66.9 cm³/mol. The van der Waals surface area contributed by atoms with Crippen LogP contribution in [0, 0.1) is 5.92 Å². The summed E-state index contributed by atoms with van der Waals surface area (Å²) in [6, 6.07) is 0. The summed E-state index contributed by atoms with van der Waals surface area (Å²) in [7, 11) is 1.38. The van der Waals surface area contributed by atoms with Crippen molar-refractivity contribution in [3.63, 3.8) is 0 Å². The molecular weight excluding hydrogens is 380 g/mol. The molecule has 78 valence electrons. The smallest absolute Gasteiger partial charge is 0.334 e. The average molecular weight is 389 g/mol. The fourth-order valence-electron chi connectivity index (χ4n) is 1.18. The number of esters is 1. The number of carbonyl (C=O) groups is 1. The van der Waals surface area contributed by atoms with E-state index in [4.69, 9.17) is 4.74 Å². The largest absolute Gasteiger partial charge is 0.466 e. The van der Waals surface area contributed by atoms with E-state index in [1.54, 1.807) is 6.08 Å². The van der Waals surface area contributed by atoms with Crippen molar-refractivity contribution in [2.45, 2.75) is 10.2 Å². The molecule has 0 saturated carbocycles. The summed E-state index contributed by atoms with van der Waals surface area (Å²) in [4.78, 5) is 11.4. The van der Waals surface area contributed by atoms with E-state index in [-0.39, 0.29) is 11.9 Å². The molecule has 14 heavy (non-hydrogen) atoms. The highest BCUT2D eigenvalue weighted by Crippen LogP contribution is 2.49. The molecule has 0 N–H and O–H groups in total. The third-order valence-electron chi connectivity index (χ3n) is 2.16. The maximum absolute atomic E-state index is 11.4. The number of methoxy groups -OCH3 is 1. The summed E-state index contributed by atoms with van der Waals surface area (Å²) in [6.45, 7) is 1.94. The van der Waals surface area contributed by atoms with Gasteiger partial charge in [0.25, 0.3) is 0 Å². The van der Waals surface area contributed by atoms with E-state index in [0.717, 1.165) is 4.48 Å². The second-order valence-corrected chi connectivity index (χ2v) is 7.39. The first kappa shape index (κ1) is 12.5. The van der Waals surface area contributed by atoms with Gasteiger partial charge in [0.15, 0.2) is 0 Å². The molecule has 0 bridgehead atoms.